The number of fused-ring (bicyclic) bond motifs is 3. The van der Waals surface area contributed by atoms with Crippen LogP contribution in [0.25, 0.3) is 21.5 Å². The molecule has 0 spiro atoms. The van der Waals surface area contributed by atoms with Gasteiger partial charge in [-0.2, -0.15) is 18.2 Å². The number of nitrogens with zero attached hydrogens (tertiary/aromatic N) is 1. The van der Waals surface area contributed by atoms with Gasteiger partial charge >= 0.3 is 0 Å². The number of para-hydroxylation sites is 1. The van der Waals surface area contributed by atoms with E-state index in [9.17, 15) is 4.79 Å². The SMILES string of the molecule is CC(=O)/C=C(/C)O.[Ir].[c-]1ccccc1Oc1nccc2c1ccc1ccccc12. The van der Waals surface area contributed by atoms with Crippen molar-refractivity contribution in [3.05, 3.63) is 90.8 Å². The van der Waals surface area contributed by atoms with Gasteiger partial charge in [0.15, 0.2) is 5.78 Å². The van der Waals surface area contributed by atoms with E-state index in [0.717, 1.165) is 10.8 Å². The van der Waals surface area contributed by atoms with E-state index >= 15 is 0 Å². The van der Waals surface area contributed by atoms with Crippen molar-refractivity contribution in [1.82, 2.24) is 4.98 Å². The van der Waals surface area contributed by atoms with Crippen LogP contribution < -0.4 is 4.74 Å². The third-order valence-electron chi connectivity index (χ3n) is 3.93. The van der Waals surface area contributed by atoms with Gasteiger partial charge in [-0.3, -0.25) is 4.79 Å². The molecule has 0 aliphatic rings. The molecule has 1 N–H and O–H groups in total. The summed E-state index contributed by atoms with van der Waals surface area (Å²) in [4.78, 5) is 14.4. The summed E-state index contributed by atoms with van der Waals surface area (Å²) in [5.41, 5.74) is 0. The summed E-state index contributed by atoms with van der Waals surface area (Å²) in [7, 11) is 0. The smallest absolute Gasteiger partial charge is 0.224 e. The minimum Gasteiger partial charge on any atom is -0.512 e. The Hall–Kier alpha value is -3.01. The minimum absolute atomic E-state index is 0. The summed E-state index contributed by atoms with van der Waals surface area (Å²) in [6.07, 6.45) is 2.95. The van der Waals surface area contributed by atoms with E-state index in [1.165, 1.54) is 30.7 Å². The average molecular weight is 563 g/mol. The van der Waals surface area contributed by atoms with Crippen LogP contribution in [0.4, 0.5) is 0 Å². The number of ketones is 1. The van der Waals surface area contributed by atoms with Crippen molar-refractivity contribution in [2.75, 3.05) is 0 Å². The molecular weight excluding hydrogens is 542 g/mol. The quantitative estimate of drug-likeness (QED) is 0.144. The summed E-state index contributed by atoms with van der Waals surface area (Å²) < 4.78 is 5.87. The van der Waals surface area contributed by atoms with Gasteiger partial charge in [0.05, 0.1) is 5.76 Å². The van der Waals surface area contributed by atoms with E-state index in [1.54, 1.807) is 6.20 Å². The van der Waals surface area contributed by atoms with E-state index in [0.29, 0.717) is 11.6 Å². The molecule has 0 amide bonds. The van der Waals surface area contributed by atoms with Gasteiger partial charge < -0.3 is 9.84 Å². The van der Waals surface area contributed by atoms with Crippen molar-refractivity contribution in [2.24, 2.45) is 0 Å². The molecule has 0 fully saturated rings. The van der Waals surface area contributed by atoms with Gasteiger partial charge in [-0.25, -0.2) is 4.98 Å². The summed E-state index contributed by atoms with van der Waals surface area (Å²) in [5, 5.41) is 12.9. The number of benzene rings is 3. The average Bonchev–Trinajstić information content (AvgIpc) is 2.68. The molecule has 0 saturated carbocycles. The van der Waals surface area contributed by atoms with Gasteiger partial charge in [-0.15, -0.1) is 12.1 Å². The number of aromatic nitrogens is 1. The van der Waals surface area contributed by atoms with Crippen molar-refractivity contribution >= 4 is 27.3 Å². The van der Waals surface area contributed by atoms with Gasteiger partial charge in [-0.1, -0.05) is 30.3 Å². The van der Waals surface area contributed by atoms with E-state index in [4.69, 9.17) is 9.84 Å². The summed E-state index contributed by atoms with van der Waals surface area (Å²) in [6.45, 7) is 2.85. The van der Waals surface area contributed by atoms with Crippen LogP contribution in [0.5, 0.6) is 11.6 Å². The predicted molar refractivity (Wildman–Crippen MR) is 112 cm³/mol. The zero-order chi connectivity index (χ0) is 19.9. The Labute approximate surface area is 183 Å². The number of allylic oxidation sites excluding steroid dienone is 2. The number of aliphatic hydroxyl groups is 1. The number of carbonyl (C=O) groups is 1. The first-order valence-corrected chi connectivity index (χ1v) is 8.83. The fraction of sp³-hybridized carbons (Fsp3) is 0.0833. The second-order valence-corrected chi connectivity index (χ2v) is 6.22. The molecule has 29 heavy (non-hydrogen) atoms. The maximum absolute atomic E-state index is 10.0. The van der Waals surface area contributed by atoms with E-state index in [2.05, 4.69) is 35.3 Å². The number of hydrogen-bond acceptors (Lipinski definition) is 4. The standard InChI is InChI=1S/C19H12NO.C5H8O2.Ir/c1-2-7-15(8-3-1)21-19-18-11-10-14-6-4-5-9-16(14)17(18)12-13-20-19;1-4(6)3-5(2)7;/h1-7,9-13H;3,6H,1-2H3;/q-1;;/b;4-3-;. The van der Waals surface area contributed by atoms with Gasteiger partial charge in [-0.05, 0) is 42.1 Å². The largest absolute Gasteiger partial charge is 0.512 e. The third-order valence-corrected chi connectivity index (χ3v) is 3.93. The first-order valence-electron chi connectivity index (χ1n) is 8.83. The van der Waals surface area contributed by atoms with Gasteiger partial charge in [0.2, 0.25) is 5.88 Å². The molecular formula is C24H20IrNO3-. The van der Waals surface area contributed by atoms with E-state index in [-0.39, 0.29) is 31.6 Å². The van der Waals surface area contributed by atoms with Gasteiger partial charge in [0.1, 0.15) is 0 Å². The van der Waals surface area contributed by atoms with Crippen molar-refractivity contribution in [3.8, 4) is 11.6 Å². The van der Waals surface area contributed by atoms with Crippen molar-refractivity contribution in [3.63, 3.8) is 0 Å². The minimum atomic E-state index is -0.125. The summed E-state index contributed by atoms with van der Waals surface area (Å²) >= 11 is 0. The fourth-order valence-corrected chi connectivity index (χ4v) is 2.83. The Morgan fingerprint density at radius 1 is 0.966 bits per heavy atom. The maximum Gasteiger partial charge on any atom is 0.224 e. The van der Waals surface area contributed by atoms with E-state index in [1.807, 2.05) is 42.5 Å². The summed E-state index contributed by atoms with van der Waals surface area (Å²) in [5.74, 6) is 1.22. The monoisotopic (exact) mass is 563 g/mol. The number of aliphatic hydroxyl groups excluding tert-OH is 1. The Bertz CT molecular complexity index is 1140. The van der Waals surface area contributed by atoms with E-state index < -0.39 is 0 Å². The first kappa shape index (κ1) is 22.3. The van der Waals surface area contributed by atoms with Crippen LogP contribution in [0.3, 0.4) is 0 Å². The molecule has 149 valence electrons. The van der Waals surface area contributed by atoms with Crippen LogP contribution in [0.1, 0.15) is 13.8 Å². The second-order valence-electron chi connectivity index (χ2n) is 6.22. The van der Waals surface area contributed by atoms with Crippen LogP contribution in [0, 0.1) is 6.07 Å². The molecule has 4 aromatic rings. The van der Waals surface area contributed by atoms with Crippen molar-refractivity contribution < 1.29 is 34.7 Å². The second kappa shape index (κ2) is 10.5. The predicted octanol–water partition coefficient (Wildman–Crippen LogP) is 6.02. The Morgan fingerprint density at radius 2 is 1.72 bits per heavy atom. The summed E-state index contributed by atoms with van der Waals surface area (Å²) in [6, 6.07) is 25.1. The molecule has 0 bridgehead atoms. The van der Waals surface area contributed by atoms with Crippen LogP contribution in [0.15, 0.2) is 84.8 Å². The number of carbonyl (C=O) groups excluding carboxylic acids is 1. The molecule has 0 unspecified atom stereocenters. The molecule has 0 saturated heterocycles. The topological polar surface area (TPSA) is 59.4 Å². The normalized spacial score (nSPS) is 10.6. The fourth-order valence-electron chi connectivity index (χ4n) is 2.83. The van der Waals surface area contributed by atoms with Crippen molar-refractivity contribution in [1.29, 1.82) is 0 Å². The molecule has 5 heteroatoms. The molecule has 0 atom stereocenters. The number of ether oxygens (including phenoxy) is 1. The molecule has 1 radical (unpaired) electrons. The van der Waals surface area contributed by atoms with Gasteiger partial charge in [0.25, 0.3) is 0 Å². The van der Waals surface area contributed by atoms with Crippen LogP contribution in [-0.4, -0.2) is 15.9 Å². The van der Waals surface area contributed by atoms with Crippen LogP contribution in [-0.2, 0) is 24.9 Å². The molecule has 1 aromatic heterocycles. The maximum atomic E-state index is 10.0. The number of pyridine rings is 1. The molecule has 3 aromatic carbocycles. The Kier molecular flexibility index (Phi) is 8.08. The Morgan fingerprint density at radius 3 is 2.38 bits per heavy atom. The van der Waals surface area contributed by atoms with Crippen molar-refractivity contribution in [2.45, 2.75) is 13.8 Å². The number of hydrogen-bond donors (Lipinski definition) is 1. The first-order chi connectivity index (χ1) is 13.5. The molecule has 0 aliphatic carbocycles. The number of rotatable bonds is 3. The zero-order valence-electron chi connectivity index (χ0n) is 16.0. The third kappa shape index (κ3) is 5.98. The zero-order valence-corrected chi connectivity index (χ0v) is 18.4. The van der Waals surface area contributed by atoms with Crippen LogP contribution in [0.2, 0.25) is 0 Å². The van der Waals surface area contributed by atoms with Crippen LogP contribution >= 0.6 is 0 Å². The molecule has 4 nitrogen and oxygen atoms in total. The molecule has 4 rings (SSSR count). The molecule has 0 aliphatic heterocycles. The van der Waals surface area contributed by atoms with Gasteiger partial charge in [0, 0.05) is 43.5 Å². The molecule has 1 heterocycles. The Balaban J connectivity index is 0.000000327.